The number of hydrogen-bond acceptors (Lipinski definition) is 8. The molecule has 2 fully saturated rings. The molecule has 6 rings (SSSR count). The summed E-state index contributed by atoms with van der Waals surface area (Å²) in [6.45, 7) is 14.5. The maximum atomic E-state index is 14.2. The fourth-order valence-corrected chi connectivity index (χ4v) is 7.49. The molecule has 2 aromatic rings. The Hall–Kier alpha value is -2.82. The largest absolute Gasteiger partial charge is 0.484 e. The number of aromatic nitrogens is 1. The minimum Gasteiger partial charge on any atom is -0.484 e. The van der Waals surface area contributed by atoms with E-state index in [9.17, 15) is 4.79 Å². The molecule has 1 spiro atoms. The number of allylic oxidation sites excluding steroid dienone is 1. The lowest BCUT2D eigenvalue weighted by Crippen LogP contribution is -2.49. The van der Waals surface area contributed by atoms with Gasteiger partial charge in [-0.15, -0.1) is 0 Å². The summed E-state index contributed by atoms with van der Waals surface area (Å²) in [5.74, 6) is 1.14. The Bertz CT molecular complexity index is 1460. The first-order chi connectivity index (χ1) is 22.6. The molecule has 2 N–H and O–H groups in total. The smallest absolute Gasteiger partial charge is 0.238 e. The van der Waals surface area contributed by atoms with Crippen molar-refractivity contribution in [1.29, 1.82) is 0 Å². The van der Waals surface area contributed by atoms with Gasteiger partial charge >= 0.3 is 0 Å². The van der Waals surface area contributed by atoms with Gasteiger partial charge in [0, 0.05) is 35.9 Å². The van der Waals surface area contributed by atoms with E-state index in [1.165, 1.54) is 5.56 Å². The van der Waals surface area contributed by atoms with Crippen molar-refractivity contribution in [2.75, 3.05) is 33.4 Å². The molecule has 1 amide bonds. The average Bonchev–Trinajstić information content (AvgIpc) is 3.63. The van der Waals surface area contributed by atoms with Crippen LogP contribution in [0.25, 0.3) is 10.9 Å². The van der Waals surface area contributed by atoms with Gasteiger partial charge in [0.2, 0.25) is 5.91 Å². The highest BCUT2D eigenvalue weighted by Gasteiger charge is 2.57. The standard InChI is InChI=1S/C38H54N4O5/c1-27(2)38-19-28(38)13-9-7-6-8-10-14-29(40-24-45-26-46-36(3,4)5)22-44-25-42-23-37(20-33(42)35(43)41-38)18-17-31-30-15-11-12-16-32(30)39-21-34(31)47-37/h9,11-13,15-16,21,28-29,33,40H,1,6-8,10,14,17-20,22-26H2,2-5H3,(H,41,43)/b13-9-/t28-,29+,33+,37-,38+/m1/s1. The number of carbonyl (C=O) groups excluding carboxylic acids is 1. The van der Waals surface area contributed by atoms with Gasteiger partial charge in [-0.05, 0) is 72.3 Å². The molecule has 0 unspecified atom stereocenters. The van der Waals surface area contributed by atoms with E-state index in [0.29, 0.717) is 33.0 Å². The van der Waals surface area contributed by atoms with E-state index in [0.717, 1.165) is 73.6 Å². The topological polar surface area (TPSA) is 94.2 Å². The molecule has 4 aliphatic rings. The zero-order chi connectivity index (χ0) is 33.1. The van der Waals surface area contributed by atoms with E-state index in [2.05, 4.69) is 51.4 Å². The molecular formula is C38H54N4O5. The fourth-order valence-electron chi connectivity index (χ4n) is 7.49. The monoisotopic (exact) mass is 646 g/mol. The molecule has 4 heterocycles. The second-order valence-electron chi connectivity index (χ2n) is 15.1. The van der Waals surface area contributed by atoms with Crippen molar-refractivity contribution in [2.24, 2.45) is 5.92 Å². The SMILES string of the molecule is C=C(C)[C@@]12C[C@H]1/C=C\CCCCC[C@H](NCOCOC(C)(C)C)COCN1C[C@@]3(CCc4c(cnc5ccccc45)O3)C[C@H]1C(=O)N2. The van der Waals surface area contributed by atoms with Crippen LogP contribution in [0.15, 0.2) is 54.8 Å². The molecule has 256 valence electrons. The molecule has 1 aromatic heterocycles. The first-order valence-corrected chi connectivity index (χ1v) is 17.5. The van der Waals surface area contributed by atoms with Crippen molar-refractivity contribution >= 4 is 16.8 Å². The van der Waals surface area contributed by atoms with Crippen LogP contribution in [0.1, 0.15) is 84.6 Å². The summed E-state index contributed by atoms with van der Waals surface area (Å²) in [6.07, 6.45) is 15.1. The summed E-state index contributed by atoms with van der Waals surface area (Å²) in [7, 11) is 0. The molecule has 1 aromatic carbocycles. The number of fused-ring (bicyclic) bond motifs is 5. The van der Waals surface area contributed by atoms with Crippen LogP contribution in [-0.4, -0.2) is 78.0 Å². The number of nitrogens with zero attached hydrogens (tertiary/aromatic N) is 2. The molecular weight excluding hydrogens is 592 g/mol. The predicted molar refractivity (Wildman–Crippen MR) is 184 cm³/mol. The van der Waals surface area contributed by atoms with Gasteiger partial charge in [-0.2, -0.15) is 0 Å². The fraction of sp³-hybridized carbons (Fsp3) is 0.632. The third-order valence-corrected chi connectivity index (χ3v) is 10.3. The summed E-state index contributed by atoms with van der Waals surface area (Å²) >= 11 is 0. The van der Waals surface area contributed by atoms with Gasteiger partial charge in [0.15, 0.2) is 0 Å². The normalized spacial score (nSPS) is 31.2. The average molecular weight is 647 g/mol. The Kier molecular flexibility index (Phi) is 10.4. The van der Waals surface area contributed by atoms with Crippen molar-refractivity contribution < 1.29 is 23.7 Å². The number of benzene rings is 1. The summed E-state index contributed by atoms with van der Waals surface area (Å²) in [4.78, 5) is 21.1. The van der Waals surface area contributed by atoms with Gasteiger partial charge in [-0.1, -0.05) is 55.3 Å². The number of nitrogens with one attached hydrogen (secondary N) is 2. The Labute approximate surface area is 280 Å². The summed E-state index contributed by atoms with van der Waals surface area (Å²) in [5.41, 5.74) is 2.10. The molecule has 3 aliphatic heterocycles. The van der Waals surface area contributed by atoms with Crippen LogP contribution >= 0.6 is 0 Å². The number of ether oxygens (including phenoxy) is 4. The maximum Gasteiger partial charge on any atom is 0.238 e. The Morgan fingerprint density at radius 2 is 2.06 bits per heavy atom. The van der Waals surface area contributed by atoms with Gasteiger partial charge in [-0.3, -0.25) is 20.0 Å². The van der Waals surface area contributed by atoms with E-state index < -0.39 is 5.60 Å². The second kappa shape index (κ2) is 14.3. The van der Waals surface area contributed by atoms with Crippen molar-refractivity contribution in [2.45, 2.75) is 114 Å². The zero-order valence-electron chi connectivity index (χ0n) is 28.8. The lowest BCUT2D eigenvalue weighted by atomic mass is 9.87. The van der Waals surface area contributed by atoms with Crippen LogP contribution < -0.4 is 15.4 Å². The minimum absolute atomic E-state index is 0.0293. The third-order valence-electron chi connectivity index (χ3n) is 10.3. The molecule has 9 nitrogen and oxygen atoms in total. The summed E-state index contributed by atoms with van der Waals surface area (Å²) < 4.78 is 24.7. The van der Waals surface area contributed by atoms with Crippen LogP contribution in [0.3, 0.4) is 0 Å². The highest BCUT2D eigenvalue weighted by molar-refractivity contribution is 5.85. The highest BCUT2D eigenvalue weighted by atomic mass is 16.7. The predicted octanol–water partition coefficient (Wildman–Crippen LogP) is 6.02. The first-order valence-electron chi connectivity index (χ1n) is 17.5. The summed E-state index contributed by atoms with van der Waals surface area (Å²) in [6, 6.07) is 8.00. The zero-order valence-corrected chi connectivity index (χ0v) is 28.8. The highest BCUT2D eigenvalue weighted by Crippen LogP contribution is 2.50. The van der Waals surface area contributed by atoms with Crippen molar-refractivity contribution in [3.63, 3.8) is 0 Å². The van der Waals surface area contributed by atoms with E-state index in [1.807, 2.05) is 46.0 Å². The molecule has 1 aliphatic carbocycles. The molecule has 0 bridgehead atoms. The van der Waals surface area contributed by atoms with Crippen LogP contribution in [0.2, 0.25) is 0 Å². The van der Waals surface area contributed by atoms with Crippen LogP contribution in [0.5, 0.6) is 5.75 Å². The van der Waals surface area contributed by atoms with Crippen LogP contribution in [0.4, 0.5) is 0 Å². The summed E-state index contributed by atoms with van der Waals surface area (Å²) in [5, 5.41) is 8.12. The number of amides is 1. The molecule has 5 atom stereocenters. The maximum absolute atomic E-state index is 14.2. The third kappa shape index (κ3) is 8.08. The lowest BCUT2D eigenvalue weighted by molar-refractivity contribution is -0.128. The van der Waals surface area contributed by atoms with Crippen molar-refractivity contribution in [3.8, 4) is 5.75 Å². The quantitative estimate of drug-likeness (QED) is 0.224. The van der Waals surface area contributed by atoms with Crippen LogP contribution in [-0.2, 0) is 25.4 Å². The molecule has 9 heteroatoms. The second-order valence-corrected chi connectivity index (χ2v) is 15.1. The Morgan fingerprint density at radius 1 is 1.21 bits per heavy atom. The van der Waals surface area contributed by atoms with Gasteiger partial charge in [0.05, 0.1) is 49.0 Å². The Balaban J connectivity index is 1.18. The number of carbonyl (C=O) groups is 1. The number of pyridine rings is 1. The first kappa shape index (κ1) is 34.1. The lowest BCUT2D eigenvalue weighted by Gasteiger charge is -2.36. The Morgan fingerprint density at radius 3 is 2.89 bits per heavy atom. The number of para-hydroxylation sites is 1. The van der Waals surface area contributed by atoms with Crippen LogP contribution in [0, 0.1) is 5.92 Å². The molecule has 0 radical (unpaired) electrons. The van der Waals surface area contributed by atoms with E-state index in [1.54, 1.807) is 0 Å². The minimum atomic E-state index is -0.485. The number of hydrogen-bond donors (Lipinski definition) is 2. The molecule has 1 saturated carbocycles. The van der Waals surface area contributed by atoms with Gasteiger partial charge in [0.1, 0.15) is 18.1 Å². The van der Waals surface area contributed by atoms with E-state index in [-0.39, 0.29) is 41.8 Å². The van der Waals surface area contributed by atoms with E-state index in [4.69, 9.17) is 18.9 Å². The number of rotatable bonds is 6. The molecule has 1 saturated heterocycles. The van der Waals surface area contributed by atoms with Gasteiger partial charge in [-0.25, -0.2) is 0 Å². The molecule has 47 heavy (non-hydrogen) atoms. The van der Waals surface area contributed by atoms with Crippen molar-refractivity contribution in [1.82, 2.24) is 20.5 Å². The van der Waals surface area contributed by atoms with E-state index >= 15 is 0 Å². The number of aryl methyl sites for hydroxylation is 1. The van der Waals surface area contributed by atoms with Gasteiger partial charge < -0.3 is 24.3 Å². The van der Waals surface area contributed by atoms with Crippen molar-refractivity contribution in [3.05, 3.63) is 60.3 Å². The van der Waals surface area contributed by atoms with Gasteiger partial charge in [0.25, 0.3) is 0 Å².